The van der Waals surface area contributed by atoms with Gasteiger partial charge in [-0.2, -0.15) is 5.10 Å². The van der Waals surface area contributed by atoms with Crippen molar-refractivity contribution in [3.63, 3.8) is 0 Å². The van der Waals surface area contributed by atoms with Gasteiger partial charge in [-0.05, 0) is 11.6 Å². The van der Waals surface area contributed by atoms with E-state index in [4.69, 9.17) is 0 Å². The van der Waals surface area contributed by atoms with E-state index >= 15 is 0 Å². The zero-order valence-corrected chi connectivity index (χ0v) is 11.7. The first kappa shape index (κ1) is 13.1. The molecule has 2 aromatic rings. The molecule has 0 aliphatic rings. The van der Waals surface area contributed by atoms with Crippen molar-refractivity contribution in [2.45, 2.75) is 36.4 Å². The second-order valence-corrected chi connectivity index (χ2v) is 5.52. The Hall–Kier alpha value is -1.33. The van der Waals surface area contributed by atoms with Crippen molar-refractivity contribution < 1.29 is 0 Å². The van der Waals surface area contributed by atoms with Gasteiger partial charge in [0.25, 0.3) is 0 Å². The molecule has 0 fully saturated rings. The predicted octanol–water partition coefficient (Wildman–Crippen LogP) is 2.46. The van der Waals surface area contributed by atoms with E-state index in [1.807, 2.05) is 31.7 Å². The van der Waals surface area contributed by atoms with Gasteiger partial charge in [-0.1, -0.05) is 31.7 Å². The zero-order chi connectivity index (χ0) is 13.0. The van der Waals surface area contributed by atoms with Gasteiger partial charge in [-0.15, -0.1) is 0 Å². The van der Waals surface area contributed by atoms with Crippen LogP contribution in [0.5, 0.6) is 0 Å². The highest BCUT2D eigenvalue weighted by molar-refractivity contribution is 7.99. The van der Waals surface area contributed by atoms with Crippen LogP contribution in [0.2, 0.25) is 0 Å². The lowest BCUT2D eigenvalue weighted by atomic mass is 10.2. The van der Waals surface area contributed by atoms with Crippen LogP contribution in [0, 0.1) is 0 Å². The number of hydrogen-bond acceptors (Lipinski definition) is 4. The summed E-state index contributed by atoms with van der Waals surface area (Å²) in [4.78, 5) is 5.56. The first-order valence-electron chi connectivity index (χ1n) is 5.99. The van der Waals surface area contributed by atoms with Crippen molar-refractivity contribution in [2.24, 2.45) is 7.05 Å². The maximum atomic E-state index is 4.45. The minimum absolute atomic E-state index is 0.474. The Kier molecular flexibility index (Phi) is 4.38. The van der Waals surface area contributed by atoms with Crippen LogP contribution >= 0.6 is 11.8 Å². The fourth-order valence-corrected chi connectivity index (χ4v) is 2.44. The van der Waals surface area contributed by atoms with Crippen LogP contribution in [0.4, 0.5) is 0 Å². The average molecular weight is 262 g/mol. The number of rotatable bonds is 5. The molecule has 0 saturated heterocycles. The molecule has 0 saturated carbocycles. The van der Waals surface area contributed by atoms with Crippen molar-refractivity contribution in [3.05, 3.63) is 36.3 Å². The van der Waals surface area contributed by atoms with Gasteiger partial charge in [0, 0.05) is 32.0 Å². The summed E-state index contributed by atoms with van der Waals surface area (Å²) in [5.41, 5.74) is 1.22. The highest BCUT2D eigenvalue weighted by Crippen LogP contribution is 2.27. The largest absolute Gasteiger partial charge is 0.310 e. The Labute approximate surface area is 112 Å². The molecule has 0 aromatic carbocycles. The predicted molar refractivity (Wildman–Crippen MR) is 73.5 cm³/mol. The van der Waals surface area contributed by atoms with Gasteiger partial charge in [-0.3, -0.25) is 4.68 Å². The van der Waals surface area contributed by atoms with E-state index in [2.05, 4.69) is 35.3 Å². The maximum Gasteiger partial charge on any atom is 0.105 e. The Morgan fingerprint density at radius 2 is 2.28 bits per heavy atom. The minimum Gasteiger partial charge on any atom is -0.310 e. The Morgan fingerprint density at radius 1 is 1.44 bits per heavy atom. The second-order valence-electron chi connectivity index (χ2n) is 4.46. The first-order valence-corrected chi connectivity index (χ1v) is 6.80. The van der Waals surface area contributed by atoms with Gasteiger partial charge in [0.15, 0.2) is 0 Å². The van der Waals surface area contributed by atoms with E-state index in [-0.39, 0.29) is 0 Å². The Morgan fingerprint density at radius 3 is 2.94 bits per heavy atom. The zero-order valence-electron chi connectivity index (χ0n) is 10.9. The number of nitrogens with zero attached hydrogens (tertiary/aromatic N) is 3. The van der Waals surface area contributed by atoms with Gasteiger partial charge in [0.2, 0.25) is 0 Å². The summed E-state index contributed by atoms with van der Waals surface area (Å²) in [7, 11) is 1.92. The van der Waals surface area contributed by atoms with Crippen LogP contribution in [0.15, 0.2) is 40.6 Å². The van der Waals surface area contributed by atoms with Gasteiger partial charge < -0.3 is 5.32 Å². The van der Waals surface area contributed by atoms with Crippen LogP contribution < -0.4 is 5.32 Å². The van der Waals surface area contributed by atoms with Gasteiger partial charge >= 0.3 is 0 Å². The van der Waals surface area contributed by atoms with E-state index in [1.165, 1.54) is 5.56 Å². The molecule has 1 N–H and O–H groups in total. The van der Waals surface area contributed by atoms with E-state index < -0.39 is 0 Å². The molecule has 0 unspecified atom stereocenters. The van der Waals surface area contributed by atoms with Crippen molar-refractivity contribution in [2.75, 3.05) is 0 Å². The Bertz CT molecular complexity index is 507. The van der Waals surface area contributed by atoms with Gasteiger partial charge in [-0.25, -0.2) is 4.98 Å². The summed E-state index contributed by atoms with van der Waals surface area (Å²) in [6.45, 7) is 5.13. The van der Waals surface area contributed by atoms with Crippen molar-refractivity contribution in [1.29, 1.82) is 0 Å². The highest BCUT2D eigenvalue weighted by Gasteiger charge is 2.07. The monoisotopic (exact) mass is 262 g/mol. The van der Waals surface area contributed by atoms with E-state index in [0.717, 1.165) is 16.5 Å². The maximum absolute atomic E-state index is 4.45. The first-order chi connectivity index (χ1) is 8.65. The minimum atomic E-state index is 0.474. The van der Waals surface area contributed by atoms with Crippen LogP contribution in [0.25, 0.3) is 0 Å². The summed E-state index contributed by atoms with van der Waals surface area (Å²) < 4.78 is 1.80. The summed E-state index contributed by atoms with van der Waals surface area (Å²) in [5.74, 6) is 0. The standard InChI is InChI=1S/C13H18N4S/c1-10(2)15-7-11-5-4-6-14-13(11)18-12-8-16-17(3)9-12/h4-6,8-10,15H,7H2,1-3H3. The number of pyridine rings is 1. The number of aryl methyl sites for hydroxylation is 1. The molecule has 2 heterocycles. The molecule has 0 atom stereocenters. The molecular weight excluding hydrogens is 244 g/mol. The quantitative estimate of drug-likeness (QED) is 0.899. The average Bonchev–Trinajstić information content (AvgIpc) is 2.73. The fourth-order valence-electron chi connectivity index (χ4n) is 1.53. The molecule has 0 spiro atoms. The number of aromatic nitrogens is 3. The lowest BCUT2D eigenvalue weighted by Crippen LogP contribution is -2.22. The van der Waals surface area contributed by atoms with Crippen LogP contribution in [0.1, 0.15) is 19.4 Å². The summed E-state index contributed by atoms with van der Waals surface area (Å²) in [5, 5.41) is 8.63. The molecule has 0 bridgehead atoms. The second kappa shape index (κ2) is 6.02. The summed E-state index contributed by atoms with van der Waals surface area (Å²) in [6, 6.07) is 4.56. The summed E-state index contributed by atoms with van der Waals surface area (Å²) >= 11 is 1.65. The molecule has 18 heavy (non-hydrogen) atoms. The van der Waals surface area contributed by atoms with Gasteiger partial charge in [0.1, 0.15) is 5.03 Å². The molecule has 2 rings (SSSR count). The van der Waals surface area contributed by atoms with E-state index in [0.29, 0.717) is 6.04 Å². The molecule has 0 aliphatic carbocycles. The third-order valence-corrected chi connectivity index (χ3v) is 3.45. The smallest absolute Gasteiger partial charge is 0.105 e. The third kappa shape index (κ3) is 3.58. The highest BCUT2D eigenvalue weighted by atomic mass is 32.2. The molecule has 96 valence electrons. The van der Waals surface area contributed by atoms with Gasteiger partial charge in [0.05, 0.1) is 11.1 Å². The molecule has 0 aliphatic heterocycles. The molecule has 2 aromatic heterocycles. The molecule has 0 radical (unpaired) electrons. The van der Waals surface area contributed by atoms with Crippen molar-refractivity contribution in [3.8, 4) is 0 Å². The van der Waals surface area contributed by atoms with E-state index in [9.17, 15) is 0 Å². The van der Waals surface area contributed by atoms with Crippen LogP contribution in [-0.2, 0) is 13.6 Å². The van der Waals surface area contributed by atoms with Crippen LogP contribution in [0.3, 0.4) is 0 Å². The molecule has 5 heteroatoms. The lowest BCUT2D eigenvalue weighted by molar-refractivity contribution is 0.582. The van der Waals surface area contributed by atoms with Crippen molar-refractivity contribution >= 4 is 11.8 Å². The molecule has 0 amide bonds. The Balaban J connectivity index is 2.11. The normalized spacial score (nSPS) is 11.1. The van der Waals surface area contributed by atoms with Crippen LogP contribution in [-0.4, -0.2) is 20.8 Å². The SMILES string of the molecule is CC(C)NCc1cccnc1Sc1cnn(C)c1. The number of hydrogen-bond donors (Lipinski definition) is 1. The summed E-state index contributed by atoms with van der Waals surface area (Å²) in [6.07, 6.45) is 5.69. The topological polar surface area (TPSA) is 42.7 Å². The molecular formula is C13H18N4S. The third-order valence-electron chi connectivity index (χ3n) is 2.45. The number of nitrogens with one attached hydrogen (secondary N) is 1. The van der Waals surface area contributed by atoms with Crippen molar-refractivity contribution in [1.82, 2.24) is 20.1 Å². The molecule has 4 nitrogen and oxygen atoms in total. The fraction of sp³-hybridized carbons (Fsp3) is 0.385. The lowest BCUT2D eigenvalue weighted by Gasteiger charge is -2.10. The van der Waals surface area contributed by atoms with E-state index in [1.54, 1.807) is 16.4 Å².